The molecule has 0 radical (unpaired) electrons. The van der Waals surface area contributed by atoms with Crippen LogP contribution in [0, 0.1) is 6.92 Å². The molecule has 0 unspecified atom stereocenters. The fourth-order valence-corrected chi connectivity index (χ4v) is 3.15. The molecule has 1 aliphatic heterocycles. The van der Waals surface area contributed by atoms with Gasteiger partial charge in [0.1, 0.15) is 11.3 Å². The largest absolute Gasteiger partial charge is 0.461 e. The molecular formula is C17H20N2O4. The third-order valence-electron chi connectivity index (χ3n) is 4.51. The van der Waals surface area contributed by atoms with Crippen molar-refractivity contribution >= 4 is 22.8 Å². The molecule has 1 saturated heterocycles. The van der Waals surface area contributed by atoms with Crippen molar-refractivity contribution < 1.29 is 19.1 Å². The summed E-state index contributed by atoms with van der Waals surface area (Å²) >= 11 is 0. The molecule has 0 saturated carbocycles. The maximum atomic E-state index is 12.6. The molecule has 0 spiro atoms. The number of aliphatic hydroxyl groups is 1. The standard InChI is InChI=1S/C17H20N2O4/c1-11-13(12-5-2-3-6-14(12)23-11)9-15(20)19-8-4-7-17(22,10-19)16(18)21/h2-3,5-6,22H,4,7-10H2,1H3,(H2,18,21)/t17-/m1/s1. The van der Waals surface area contributed by atoms with Crippen LogP contribution in [-0.4, -0.2) is 40.5 Å². The number of piperidine rings is 1. The lowest BCUT2D eigenvalue weighted by atomic mass is 9.91. The average Bonchev–Trinajstić information content (AvgIpc) is 2.83. The van der Waals surface area contributed by atoms with Gasteiger partial charge in [0.2, 0.25) is 5.91 Å². The number of hydrogen-bond donors (Lipinski definition) is 2. The maximum absolute atomic E-state index is 12.6. The fraction of sp³-hybridized carbons (Fsp3) is 0.412. The number of hydrogen-bond acceptors (Lipinski definition) is 4. The molecule has 122 valence electrons. The molecule has 0 bridgehead atoms. The average molecular weight is 316 g/mol. The molecule has 3 N–H and O–H groups in total. The van der Waals surface area contributed by atoms with Gasteiger partial charge in [0.15, 0.2) is 5.60 Å². The van der Waals surface area contributed by atoms with Crippen LogP contribution in [0.2, 0.25) is 0 Å². The number of amides is 2. The van der Waals surface area contributed by atoms with Gasteiger partial charge in [0.25, 0.3) is 5.91 Å². The molecule has 0 aliphatic carbocycles. The van der Waals surface area contributed by atoms with Gasteiger partial charge in [-0.25, -0.2) is 0 Å². The second-order valence-corrected chi connectivity index (χ2v) is 6.12. The van der Waals surface area contributed by atoms with E-state index in [1.165, 1.54) is 4.90 Å². The third-order valence-corrected chi connectivity index (χ3v) is 4.51. The minimum Gasteiger partial charge on any atom is -0.461 e. The predicted octanol–water partition coefficient (Wildman–Crippen LogP) is 1.12. The summed E-state index contributed by atoms with van der Waals surface area (Å²) < 4.78 is 5.67. The summed E-state index contributed by atoms with van der Waals surface area (Å²) in [5.41, 5.74) is 5.23. The summed E-state index contributed by atoms with van der Waals surface area (Å²) in [5, 5.41) is 11.2. The first-order valence-electron chi connectivity index (χ1n) is 7.68. The van der Waals surface area contributed by atoms with E-state index in [0.29, 0.717) is 25.1 Å². The zero-order valence-electron chi connectivity index (χ0n) is 13.0. The number of nitrogens with zero attached hydrogens (tertiary/aromatic N) is 1. The van der Waals surface area contributed by atoms with Crippen LogP contribution in [0.1, 0.15) is 24.2 Å². The highest BCUT2D eigenvalue weighted by atomic mass is 16.3. The van der Waals surface area contributed by atoms with Gasteiger partial charge in [-0.05, 0) is 25.8 Å². The molecule has 6 nitrogen and oxygen atoms in total. The van der Waals surface area contributed by atoms with E-state index in [0.717, 1.165) is 16.5 Å². The Balaban J connectivity index is 1.81. The second-order valence-electron chi connectivity index (χ2n) is 6.12. The minimum absolute atomic E-state index is 0.0456. The molecule has 3 rings (SSSR count). The van der Waals surface area contributed by atoms with Crippen molar-refractivity contribution in [3.05, 3.63) is 35.6 Å². The van der Waals surface area contributed by atoms with Gasteiger partial charge >= 0.3 is 0 Å². The first-order valence-corrected chi connectivity index (χ1v) is 7.68. The first-order chi connectivity index (χ1) is 10.9. The third kappa shape index (κ3) is 2.82. The van der Waals surface area contributed by atoms with Gasteiger partial charge in [-0.3, -0.25) is 9.59 Å². The summed E-state index contributed by atoms with van der Waals surface area (Å²) in [6.45, 7) is 2.30. The monoisotopic (exact) mass is 316 g/mol. The van der Waals surface area contributed by atoms with E-state index in [-0.39, 0.29) is 18.9 Å². The molecule has 1 atom stereocenters. The van der Waals surface area contributed by atoms with Gasteiger partial charge in [-0.15, -0.1) is 0 Å². The Kier molecular flexibility index (Phi) is 3.85. The smallest absolute Gasteiger partial charge is 0.251 e. The van der Waals surface area contributed by atoms with E-state index in [2.05, 4.69) is 0 Å². The van der Waals surface area contributed by atoms with E-state index in [4.69, 9.17) is 10.2 Å². The van der Waals surface area contributed by atoms with Crippen LogP contribution in [0.15, 0.2) is 28.7 Å². The number of carbonyl (C=O) groups is 2. The lowest BCUT2D eigenvalue weighted by molar-refractivity contribution is -0.148. The number of β-amino-alcohol motifs (C(OH)–C–C–N with tert-alkyl or cyclic N) is 1. The van der Waals surface area contributed by atoms with Crippen LogP contribution in [0.5, 0.6) is 0 Å². The predicted molar refractivity (Wildman–Crippen MR) is 84.6 cm³/mol. The number of rotatable bonds is 3. The van der Waals surface area contributed by atoms with Crippen LogP contribution < -0.4 is 5.73 Å². The van der Waals surface area contributed by atoms with Crippen LogP contribution in [-0.2, 0) is 16.0 Å². The summed E-state index contributed by atoms with van der Waals surface area (Å²) in [7, 11) is 0. The van der Waals surface area contributed by atoms with E-state index >= 15 is 0 Å². The minimum atomic E-state index is -1.62. The molecular weight excluding hydrogens is 296 g/mol. The van der Waals surface area contributed by atoms with E-state index in [9.17, 15) is 14.7 Å². The molecule has 1 aromatic carbocycles. The summed E-state index contributed by atoms with van der Waals surface area (Å²) in [6.07, 6.45) is 1.02. The van der Waals surface area contributed by atoms with E-state index in [1.807, 2.05) is 31.2 Å². The highest BCUT2D eigenvalue weighted by Crippen LogP contribution is 2.27. The van der Waals surface area contributed by atoms with Crippen molar-refractivity contribution in [1.82, 2.24) is 4.90 Å². The zero-order chi connectivity index (χ0) is 16.6. The normalized spacial score (nSPS) is 21.6. The number of primary amides is 1. The van der Waals surface area contributed by atoms with E-state index in [1.54, 1.807) is 0 Å². The van der Waals surface area contributed by atoms with Crippen LogP contribution in [0.3, 0.4) is 0 Å². The van der Waals surface area contributed by atoms with Crippen LogP contribution >= 0.6 is 0 Å². The highest BCUT2D eigenvalue weighted by molar-refractivity contribution is 5.89. The topological polar surface area (TPSA) is 96.8 Å². The van der Waals surface area contributed by atoms with Gasteiger partial charge in [-0.2, -0.15) is 0 Å². The number of para-hydroxylation sites is 1. The SMILES string of the molecule is Cc1oc2ccccc2c1CC(=O)N1CCC[C@](O)(C(N)=O)C1. The summed E-state index contributed by atoms with van der Waals surface area (Å²) in [4.78, 5) is 25.5. The fourth-order valence-electron chi connectivity index (χ4n) is 3.15. The number of carbonyl (C=O) groups excluding carboxylic acids is 2. The number of aryl methyl sites for hydroxylation is 1. The van der Waals surface area contributed by atoms with Gasteiger partial charge in [-0.1, -0.05) is 18.2 Å². The van der Waals surface area contributed by atoms with Gasteiger partial charge < -0.3 is 20.2 Å². The van der Waals surface area contributed by atoms with E-state index < -0.39 is 11.5 Å². The van der Waals surface area contributed by atoms with Crippen molar-refractivity contribution in [3.8, 4) is 0 Å². The molecule has 2 aromatic rings. The number of benzene rings is 1. The number of furan rings is 1. The van der Waals surface area contributed by atoms with Crippen LogP contribution in [0.25, 0.3) is 11.0 Å². The lowest BCUT2D eigenvalue weighted by Crippen LogP contribution is -2.57. The molecule has 2 amide bonds. The number of nitrogens with two attached hydrogens (primary N) is 1. The number of likely N-dealkylation sites (tertiary alicyclic amines) is 1. The Morgan fingerprint density at radius 1 is 1.39 bits per heavy atom. The quantitative estimate of drug-likeness (QED) is 0.887. The Bertz CT molecular complexity index is 767. The van der Waals surface area contributed by atoms with Crippen molar-refractivity contribution in [2.45, 2.75) is 31.8 Å². The van der Waals surface area contributed by atoms with Crippen molar-refractivity contribution in [2.75, 3.05) is 13.1 Å². The molecule has 23 heavy (non-hydrogen) atoms. The first kappa shape index (κ1) is 15.6. The Morgan fingerprint density at radius 3 is 2.87 bits per heavy atom. The summed E-state index contributed by atoms with van der Waals surface area (Å²) in [6, 6.07) is 7.57. The molecule has 1 fully saturated rings. The van der Waals surface area contributed by atoms with Crippen molar-refractivity contribution in [2.24, 2.45) is 5.73 Å². The molecule has 6 heteroatoms. The van der Waals surface area contributed by atoms with Crippen molar-refractivity contribution in [3.63, 3.8) is 0 Å². The molecule has 1 aromatic heterocycles. The Morgan fingerprint density at radius 2 is 2.13 bits per heavy atom. The van der Waals surface area contributed by atoms with Gasteiger partial charge in [0, 0.05) is 17.5 Å². The van der Waals surface area contributed by atoms with Crippen molar-refractivity contribution in [1.29, 1.82) is 0 Å². The Hall–Kier alpha value is -2.34. The van der Waals surface area contributed by atoms with Crippen LogP contribution in [0.4, 0.5) is 0 Å². The summed E-state index contributed by atoms with van der Waals surface area (Å²) in [5.74, 6) is -0.208. The zero-order valence-corrected chi connectivity index (χ0v) is 13.0. The van der Waals surface area contributed by atoms with Gasteiger partial charge in [0.05, 0.1) is 13.0 Å². The highest BCUT2D eigenvalue weighted by Gasteiger charge is 2.40. The second kappa shape index (κ2) is 5.70. The lowest BCUT2D eigenvalue weighted by Gasteiger charge is -2.37. The molecule has 2 heterocycles. The number of fused-ring (bicyclic) bond motifs is 1. The molecule has 1 aliphatic rings. The Labute approximate surface area is 133 Å². The maximum Gasteiger partial charge on any atom is 0.251 e.